The van der Waals surface area contributed by atoms with Crippen molar-refractivity contribution in [1.82, 2.24) is 5.73 Å². The molecule has 0 aliphatic rings. The van der Waals surface area contributed by atoms with Gasteiger partial charge >= 0.3 is 0 Å². The van der Waals surface area contributed by atoms with Gasteiger partial charge in [-0.05, 0) is 12.1 Å². The molecule has 0 aliphatic heterocycles. The molecule has 2 radical (unpaired) electrons. The molecule has 5 heteroatoms. The predicted molar refractivity (Wildman–Crippen MR) is 38.1 cm³/mol. The fourth-order valence-corrected chi connectivity index (χ4v) is 1.26. The Morgan fingerprint density at radius 2 is 1.82 bits per heavy atom. The Balaban J connectivity index is 3.37. The van der Waals surface area contributed by atoms with Crippen molar-refractivity contribution in [2.75, 3.05) is 0 Å². The summed E-state index contributed by atoms with van der Waals surface area (Å²) in [6, 6.07) is 5.17. The van der Waals surface area contributed by atoms with Crippen LogP contribution in [0.4, 0.5) is 5.69 Å². The lowest BCUT2D eigenvalue weighted by Crippen LogP contribution is -1.98. The van der Waals surface area contributed by atoms with E-state index < -0.39 is 20.7 Å². The second-order valence-electron chi connectivity index (χ2n) is 1.94. The zero-order valence-corrected chi connectivity index (χ0v) is 6.25. The minimum absolute atomic E-state index is 0.449. The van der Waals surface area contributed by atoms with Gasteiger partial charge in [0.15, 0.2) is 0 Å². The standard InChI is InChI=1S/C6H5NO3S/c7-5-3-1-2-4-6(5)11(8,9)10/h1-4H,(H,8,9,10). The molecule has 58 valence electrons. The lowest BCUT2D eigenvalue weighted by atomic mass is 10.3. The molecule has 0 bridgehead atoms. The molecule has 0 atom stereocenters. The van der Waals surface area contributed by atoms with Gasteiger partial charge in [0.2, 0.25) is 0 Å². The lowest BCUT2D eigenvalue weighted by Gasteiger charge is -1.96. The highest BCUT2D eigenvalue weighted by Gasteiger charge is 2.12. The maximum atomic E-state index is 10.4. The van der Waals surface area contributed by atoms with Gasteiger partial charge in [0.25, 0.3) is 10.1 Å². The first-order chi connectivity index (χ1) is 5.02. The average molecular weight is 171 g/mol. The summed E-state index contributed by atoms with van der Waals surface area (Å²) in [5.74, 6) is 0. The van der Waals surface area contributed by atoms with Gasteiger partial charge in [-0.25, -0.2) is 0 Å². The maximum absolute atomic E-state index is 10.4. The van der Waals surface area contributed by atoms with Crippen LogP contribution in [0.15, 0.2) is 29.2 Å². The van der Waals surface area contributed by atoms with Crippen LogP contribution < -0.4 is 5.73 Å². The fraction of sp³-hybridized carbons (Fsp3) is 0. The highest BCUT2D eigenvalue weighted by atomic mass is 32.2. The Morgan fingerprint density at radius 3 is 2.18 bits per heavy atom. The number of hydrogen-bond donors (Lipinski definition) is 1. The fourth-order valence-electron chi connectivity index (χ4n) is 0.675. The molecular weight excluding hydrogens is 166 g/mol. The molecule has 1 aromatic carbocycles. The van der Waals surface area contributed by atoms with Gasteiger partial charge in [-0.3, -0.25) is 4.55 Å². The summed E-state index contributed by atoms with van der Waals surface area (Å²) in [4.78, 5) is -0.472. The molecular formula is C6H5NO3S. The van der Waals surface area contributed by atoms with Gasteiger partial charge < -0.3 is 0 Å². The van der Waals surface area contributed by atoms with E-state index >= 15 is 0 Å². The van der Waals surface area contributed by atoms with Crippen LogP contribution >= 0.6 is 0 Å². The number of hydrogen-bond acceptors (Lipinski definition) is 2. The van der Waals surface area contributed by atoms with E-state index in [0.717, 1.165) is 6.07 Å². The second-order valence-corrected chi connectivity index (χ2v) is 3.33. The molecule has 0 saturated carbocycles. The van der Waals surface area contributed by atoms with E-state index in [0.29, 0.717) is 0 Å². The van der Waals surface area contributed by atoms with Gasteiger partial charge in [0, 0.05) is 0 Å². The van der Waals surface area contributed by atoms with Crippen LogP contribution in [0.1, 0.15) is 0 Å². The van der Waals surface area contributed by atoms with Crippen molar-refractivity contribution in [2.24, 2.45) is 0 Å². The third-order valence-electron chi connectivity index (χ3n) is 1.14. The number of benzene rings is 1. The highest BCUT2D eigenvalue weighted by Crippen LogP contribution is 2.17. The van der Waals surface area contributed by atoms with Crippen molar-refractivity contribution in [2.45, 2.75) is 4.90 Å². The van der Waals surface area contributed by atoms with E-state index in [2.05, 4.69) is 0 Å². The van der Waals surface area contributed by atoms with Gasteiger partial charge in [0.05, 0.1) is 0 Å². The van der Waals surface area contributed by atoms with E-state index in [1.54, 1.807) is 0 Å². The Labute approximate surface area is 64.4 Å². The van der Waals surface area contributed by atoms with Crippen LogP contribution in [0, 0.1) is 0 Å². The van der Waals surface area contributed by atoms with E-state index in [-0.39, 0.29) is 0 Å². The smallest absolute Gasteiger partial charge is 0.282 e. The maximum Gasteiger partial charge on any atom is 0.296 e. The van der Waals surface area contributed by atoms with Crippen LogP contribution in [0.25, 0.3) is 0 Å². The minimum Gasteiger partial charge on any atom is -0.282 e. The lowest BCUT2D eigenvalue weighted by molar-refractivity contribution is 0.483. The third kappa shape index (κ3) is 1.69. The van der Waals surface area contributed by atoms with Gasteiger partial charge in [-0.2, -0.15) is 8.42 Å². The summed E-state index contributed by atoms with van der Waals surface area (Å²) < 4.78 is 29.4. The monoisotopic (exact) mass is 171 g/mol. The van der Waals surface area contributed by atoms with Gasteiger partial charge in [-0.1, -0.05) is 12.1 Å². The summed E-state index contributed by atoms with van der Waals surface area (Å²) in [6.07, 6.45) is 0. The van der Waals surface area contributed by atoms with Gasteiger partial charge in [-0.15, -0.1) is 5.73 Å². The molecule has 0 aliphatic carbocycles. The Kier molecular flexibility index (Phi) is 1.84. The molecule has 1 N–H and O–H groups in total. The largest absolute Gasteiger partial charge is 0.296 e. The van der Waals surface area contributed by atoms with Gasteiger partial charge in [0.1, 0.15) is 10.6 Å². The molecule has 0 amide bonds. The Hall–Kier alpha value is -1.07. The molecule has 0 fully saturated rings. The summed E-state index contributed by atoms with van der Waals surface area (Å²) in [7, 11) is -4.28. The molecule has 11 heavy (non-hydrogen) atoms. The first-order valence-corrected chi connectivity index (χ1v) is 4.21. The summed E-state index contributed by atoms with van der Waals surface area (Å²) in [5.41, 5.74) is 8.46. The predicted octanol–water partition coefficient (Wildman–Crippen LogP) is 0.633. The molecule has 1 aromatic rings. The van der Waals surface area contributed by atoms with E-state index in [1.165, 1.54) is 18.2 Å². The van der Waals surface area contributed by atoms with Crippen molar-refractivity contribution in [1.29, 1.82) is 0 Å². The van der Waals surface area contributed by atoms with Crippen molar-refractivity contribution in [3.63, 3.8) is 0 Å². The SMILES string of the molecule is [N]c1ccccc1S(=O)(=O)O. The molecule has 4 nitrogen and oxygen atoms in total. The molecule has 1 rings (SSSR count). The molecule has 0 heterocycles. The van der Waals surface area contributed by atoms with Crippen molar-refractivity contribution >= 4 is 15.8 Å². The third-order valence-corrected chi connectivity index (χ3v) is 2.04. The Morgan fingerprint density at radius 1 is 1.27 bits per heavy atom. The minimum atomic E-state index is -4.28. The average Bonchev–Trinajstić information content (AvgIpc) is 1.86. The first kappa shape index (κ1) is 8.03. The first-order valence-electron chi connectivity index (χ1n) is 2.77. The quantitative estimate of drug-likeness (QED) is 0.629. The van der Waals surface area contributed by atoms with E-state index in [9.17, 15) is 8.42 Å². The highest BCUT2D eigenvalue weighted by molar-refractivity contribution is 7.86. The van der Waals surface area contributed by atoms with E-state index in [1.807, 2.05) is 0 Å². The molecule has 0 saturated heterocycles. The van der Waals surface area contributed by atoms with E-state index in [4.69, 9.17) is 10.3 Å². The van der Waals surface area contributed by atoms with Crippen LogP contribution in [0.3, 0.4) is 0 Å². The molecule has 0 spiro atoms. The summed E-state index contributed by atoms with van der Waals surface area (Å²) in [6.45, 7) is 0. The van der Waals surface area contributed by atoms with Crippen LogP contribution in [-0.2, 0) is 10.1 Å². The zero-order valence-electron chi connectivity index (χ0n) is 5.43. The normalized spacial score (nSPS) is 11.4. The zero-order chi connectivity index (χ0) is 8.48. The molecule has 0 aromatic heterocycles. The van der Waals surface area contributed by atoms with Crippen molar-refractivity contribution in [3.05, 3.63) is 24.3 Å². The second kappa shape index (κ2) is 2.52. The van der Waals surface area contributed by atoms with Crippen LogP contribution in [0.5, 0.6) is 0 Å². The topological polar surface area (TPSA) is 76.7 Å². The van der Waals surface area contributed by atoms with Crippen LogP contribution in [-0.4, -0.2) is 13.0 Å². The van der Waals surface area contributed by atoms with Crippen molar-refractivity contribution in [3.8, 4) is 0 Å². The summed E-state index contributed by atoms with van der Waals surface area (Å²) >= 11 is 0. The molecule has 0 unspecified atom stereocenters. The van der Waals surface area contributed by atoms with Crippen LogP contribution in [0.2, 0.25) is 0 Å². The number of rotatable bonds is 1. The number of nitrogens with zero attached hydrogens (tertiary/aromatic N) is 1. The van der Waals surface area contributed by atoms with Crippen molar-refractivity contribution < 1.29 is 13.0 Å². The summed E-state index contributed by atoms with van der Waals surface area (Å²) in [5, 5.41) is 0. The Bertz CT molecular complexity index is 358.